The number of nitrogens with one attached hydrogen (secondary N) is 2. The van der Waals surface area contributed by atoms with E-state index in [9.17, 15) is 9.59 Å². The second-order valence-corrected chi connectivity index (χ2v) is 7.56. The van der Waals surface area contributed by atoms with Gasteiger partial charge in [-0.25, -0.2) is 4.68 Å². The van der Waals surface area contributed by atoms with Crippen LogP contribution < -0.4 is 10.6 Å². The molecule has 2 amide bonds. The number of aromatic nitrogens is 4. The van der Waals surface area contributed by atoms with Gasteiger partial charge in [-0.1, -0.05) is 20.8 Å². The highest BCUT2D eigenvalue weighted by molar-refractivity contribution is 5.91. The summed E-state index contributed by atoms with van der Waals surface area (Å²) < 4.78 is 1.85. The van der Waals surface area contributed by atoms with Crippen molar-refractivity contribution in [3.8, 4) is 11.4 Å². The van der Waals surface area contributed by atoms with Crippen LogP contribution in [0.25, 0.3) is 11.4 Å². The number of anilines is 1. The maximum atomic E-state index is 12.0. The molecule has 0 radical (unpaired) electrons. The Morgan fingerprint density at radius 3 is 2.50 bits per heavy atom. The summed E-state index contributed by atoms with van der Waals surface area (Å²) in [6, 6.07) is 7.84. The van der Waals surface area contributed by atoms with Crippen LogP contribution in [-0.2, 0) is 9.59 Å². The standard InChI is InChI=1S/C18H24N6O2/c1-18(2,3)17(26)19-11-10-15(25)20-13-6-4-12(5-7-13)16-21-22-23-24(16)14-8-9-14/h4-7,14H,8-11H2,1-3H3,(H,19,26)(H,20,25). The molecular formula is C18H24N6O2. The van der Waals surface area contributed by atoms with Gasteiger partial charge in [0, 0.05) is 29.6 Å². The fourth-order valence-electron chi connectivity index (χ4n) is 2.43. The van der Waals surface area contributed by atoms with Crippen LogP contribution in [0, 0.1) is 5.41 Å². The Labute approximate surface area is 152 Å². The molecule has 1 aromatic heterocycles. The average Bonchev–Trinajstić information content (AvgIpc) is 3.31. The number of hydrogen-bond donors (Lipinski definition) is 2. The van der Waals surface area contributed by atoms with Gasteiger partial charge in [-0.05, 0) is 47.5 Å². The number of benzene rings is 1. The van der Waals surface area contributed by atoms with Gasteiger partial charge in [-0.2, -0.15) is 0 Å². The largest absolute Gasteiger partial charge is 0.355 e. The molecule has 1 fully saturated rings. The maximum absolute atomic E-state index is 12.0. The number of tetrazole rings is 1. The number of hydrogen-bond acceptors (Lipinski definition) is 5. The van der Waals surface area contributed by atoms with Gasteiger partial charge in [-0.3, -0.25) is 9.59 Å². The number of amides is 2. The quantitative estimate of drug-likeness (QED) is 0.826. The Morgan fingerprint density at radius 2 is 1.88 bits per heavy atom. The van der Waals surface area contributed by atoms with E-state index in [2.05, 4.69) is 26.2 Å². The van der Waals surface area contributed by atoms with Crippen LogP contribution in [0.3, 0.4) is 0 Å². The Morgan fingerprint density at radius 1 is 1.19 bits per heavy atom. The monoisotopic (exact) mass is 356 g/mol. The van der Waals surface area contributed by atoms with Crippen molar-refractivity contribution in [1.29, 1.82) is 0 Å². The lowest BCUT2D eigenvalue weighted by Gasteiger charge is -2.17. The number of carbonyl (C=O) groups is 2. The van der Waals surface area contributed by atoms with E-state index in [1.165, 1.54) is 0 Å². The first-order valence-electron chi connectivity index (χ1n) is 8.81. The summed E-state index contributed by atoms with van der Waals surface area (Å²) in [5.74, 6) is 0.535. The summed E-state index contributed by atoms with van der Waals surface area (Å²) in [7, 11) is 0. The van der Waals surface area contributed by atoms with Gasteiger partial charge in [-0.15, -0.1) is 5.10 Å². The molecule has 8 nitrogen and oxygen atoms in total. The highest BCUT2D eigenvalue weighted by Crippen LogP contribution is 2.36. The van der Waals surface area contributed by atoms with E-state index < -0.39 is 5.41 Å². The zero-order valence-electron chi connectivity index (χ0n) is 15.3. The third-order valence-electron chi connectivity index (χ3n) is 4.13. The van der Waals surface area contributed by atoms with Gasteiger partial charge in [0.25, 0.3) is 0 Å². The molecule has 0 spiro atoms. The first-order valence-corrected chi connectivity index (χ1v) is 8.81. The van der Waals surface area contributed by atoms with Gasteiger partial charge in [0.2, 0.25) is 11.8 Å². The first-order chi connectivity index (χ1) is 12.3. The molecular weight excluding hydrogens is 332 g/mol. The zero-order valence-corrected chi connectivity index (χ0v) is 15.3. The van der Waals surface area contributed by atoms with Crippen molar-refractivity contribution >= 4 is 17.5 Å². The summed E-state index contributed by atoms with van der Waals surface area (Å²) in [6.45, 7) is 5.83. The van der Waals surface area contributed by atoms with Crippen molar-refractivity contribution < 1.29 is 9.59 Å². The van der Waals surface area contributed by atoms with Crippen LogP contribution in [-0.4, -0.2) is 38.6 Å². The first kappa shape index (κ1) is 18.0. The zero-order chi connectivity index (χ0) is 18.7. The molecule has 0 bridgehead atoms. The van der Waals surface area contributed by atoms with Crippen molar-refractivity contribution in [3.63, 3.8) is 0 Å². The Hall–Kier alpha value is -2.77. The third kappa shape index (κ3) is 4.44. The van der Waals surface area contributed by atoms with Crippen LogP contribution >= 0.6 is 0 Å². The van der Waals surface area contributed by atoms with E-state index >= 15 is 0 Å². The van der Waals surface area contributed by atoms with E-state index in [0.29, 0.717) is 18.3 Å². The van der Waals surface area contributed by atoms with Crippen molar-refractivity contribution in [3.05, 3.63) is 24.3 Å². The highest BCUT2D eigenvalue weighted by Gasteiger charge is 2.28. The maximum Gasteiger partial charge on any atom is 0.226 e. The Balaban J connectivity index is 1.52. The van der Waals surface area contributed by atoms with E-state index in [4.69, 9.17) is 0 Å². The summed E-state index contributed by atoms with van der Waals surface area (Å²) in [5, 5.41) is 17.5. The minimum atomic E-state index is -0.456. The molecule has 1 aromatic carbocycles. The van der Waals surface area contributed by atoms with Crippen molar-refractivity contribution in [2.24, 2.45) is 5.41 Å². The smallest absolute Gasteiger partial charge is 0.226 e. The van der Waals surface area contributed by atoms with E-state index in [0.717, 1.165) is 24.2 Å². The van der Waals surface area contributed by atoms with E-state index in [-0.39, 0.29) is 18.2 Å². The summed E-state index contributed by atoms with van der Waals surface area (Å²) in [4.78, 5) is 23.8. The molecule has 138 valence electrons. The number of rotatable bonds is 6. The molecule has 2 aromatic rings. The molecule has 1 aliphatic carbocycles. The predicted molar refractivity (Wildman–Crippen MR) is 97.2 cm³/mol. The lowest BCUT2D eigenvalue weighted by atomic mass is 9.96. The fraction of sp³-hybridized carbons (Fsp3) is 0.500. The topological polar surface area (TPSA) is 102 Å². The average molecular weight is 356 g/mol. The van der Waals surface area contributed by atoms with Crippen molar-refractivity contribution in [2.75, 3.05) is 11.9 Å². The molecule has 0 unspecified atom stereocenters. The van der Waals surface area contributed by atoms with Gasteiger partial charge in [0.1, 0.15) is 0 Å². The normalized spacial score (nSPS) is 14.1. The molecule has 2 N–H and O–H groups in total. The molecule has 3 rings (SSSR count). The molecule has 8 heteroatoms. The van der Waals surface area contributed by atoms with E-state index in [1.807, 2.05) is 49.7 Å². The number of nitrogens with zero attached hydrogens (tertiary/aromatic N) is 4. The summed E-state index contributed by atoms with van der Waals surface area (Å²) >= 11 is 0. The molecule has 1 aliphatic rings. The minimum Gasteiger partial charge on any atom is -0.355 e. The molecule has 1 saturated carbocycles. The van der Waals surface area contributed by atoms with E-state index in [1.54, 1.807) is 0 Å². The van der Waals surface area contributed by atoms with Crippen molar-refractivity contribution in [1.82, 2.24) is 25.5 Å². The van der Waals surface area contributed by atoms with Crippen LogP contribution in [0.2, 0.25) is 0 Å². The lowest BCUT2D eigenvalue weighted by Crippen LogP contribution is -2.36. The van der Waals surface area contributed by atoms with Crippen LogP contribution in [0.5, 0.6) is 0 Å². The Bertz CT molecular complexity index is 787. The molecule has 0 atom stereocenters. The fourth-order valence-corrected chi connectivity index (χ4v) is 2.43. The molecule has 1 heterocycles. The molecule has 0 saturated heterocycles. The van der Waals surface area contributed by atoms with Crippen LogP contribution in [0.4, 0.5) is 5.69 Å². The van der Waals surface area contributed by atoms with Crippen LogP contribution in [0.15, 0.2) is 24.3 Å². The number of carbonyl (C=O) groups excluding carboxylic acids is 2. The van der Waals surface area contributed by atoms with Gasteiger partial charge in [0.05, 0.1) is 6.04 Å². The molecule has 0 aliphatic heterocycles. The van der Waals surface area contributed by atoms with Gasteiger partial charge in [0.15, 0.2) is 5.82 Å². The van der Waals surface area contributed by atoms with Crippen molar-refractivity contribution in [2.45, 2.75) is 46.1 Å². The minimum absolute atomic E-state index is 0.0666. The highest BCUT2D eigenvalue weighted by atomic mass is 16.2. The van der Waals surface area contributed by atoms with Gasteiger partial charge >= 0.3 is 0 Å². The van der Waals surface area contributed by atoms with Gasteiger partial charge < -0.3 is 10.6 Å². The summed E-state index contributed by atoms with van der Waals surface area (Å²) in [5.41, 5.74) is 1.16. The summed E-state index contributed by atoms with van der Waals surface area (Å²) in [6.07, 6.45) is 2.44. The lowest BCUT2D eigenvalue weighted by molar-refractivity contribution is -0.128. The second kappa shape index (κ2) is 7.23. The molecule has 26 heavy (non-hydrogen) atoms. The second-order valence-electron chi connectivity index (χ2n) is 7.56. The third-order valence-corrected chi connectivity index (χ3v) is 4.13. The van der Waals surface area contributed by atoms with Crippen LogP contribution in [0.1, 0.15) is 46.1 Å². The SMILES string of the molecule is CC(C)(C)C(=O)NCCC(=O)Nc1ccc(-c2nnnn2C2CC2)cc1. The predicted octanol–water partition coefficient (Wildman–Crippen LogP) is 2.17. The Kier molecular flexibility index (Phi) is 5.01.